The molecule has 1 N–H and O–H groups in total. The molecule has 1 unspecified atom stereocenters. The Kier molecular flexibility index (Phi) is 4.64. The molecule has 0 radical (unpaired) electrons. The second-order valence-electron chi connectivity index (χ2n) is 6.20. The van der Waals surface area contributed by atoms with Crippen LogP contribution in [0.25, 0.3) is 0 Å². The molecule has 1 aliphatic heterocycles. The van der Waals surface area contributed by atoms with Gasteiger partial charge in [0.25, 0.3) is 0 Å². The highest BCUT2D eigenvalue weighted by atomic mass is 16.5. The molecule has 1 atom stereocenters. The van der Waals surface area contributed by atoms with E-state index in [9.17, 15) is 4.79 Å². The first kappa shape index (κ1) is 16.2. The van der Waals surface area contributed by atoms with Crippen molar-refractivity contribution in [1.82, 2.24) is 15.3 Å². The number of aromatic nitrogens is 2. The number of rotatable bonds is 5. The summed E-state index contributed by atoms with van der Waals surface area (Å²) in [5.74, 6) is 1.55. The Hall–Kier alpha value is -2.63. The van der Waals surface area contributed by atoms with Gasteiger partial charge in [0.1, 0.15) is 11.9 Å². The fourth-order valence-electron chi connectivity index (χ4n) is 2.64. The zero-order valence-corrected chi connectivity index (χ0v) is 14.2. The van der Waals surface area contributed by atoms with Crippen LogP contribution in [0.15, 0.2) is 36.7 Å². The smallest absolute Gasteiger partial charge is 0.225 e. The Morgan fingerprint density at radius 1 is 1.25 bits per heavy atom. The van der Waals surface area contributed by atoms with Gasteiger partial charge in [-0.05, 0) is 37.1 Å². The van der Waals surface area contributed by atoms with Gasteiger partial charge in [-0.15, -0.1) is 0 Å². The Labute approximate surface area is 141 Å². The molecule has 0 bridgehead atoms. The van der Waals surface area contributed by atoms with Crippen LogP contribution in [-0.2, 0) is 4.79 Å². The third-order valence-corrected chi connectivity index (χ3v) is 4.00. The summed E-state index contributed by atoms with van der Waals surface area (Å²) in [6.45, 7) is 7.03. The van der Waals surface area contributed by atoms with Gasteiger partial charge in [0, 0.05) is 19.3 Å². The Morgan fingerprint density at radius 3 is 2.46 bits per heavy atom. The van der Waals surface area contributed by atoms with Crippen LogP contribution < -0.4 is 15.0 Å². The summed E-state index contributed by atoms with van der Waals surface area (Å²) in [4.78, 5) is 21.8. The number of nitrogens with one attached hydrogen (secondary N) is 1. The molecule has 126 valence electrons. The largest absolute Gasteiger partial charge is 0.487 e. The van der Waals surface area contributed by atoms with Crippen LogP contribution in [-0.4, -0.2) is 35.1 Å². The predicted molar refractivity (Wildman–Crippen MR) is 92.1 cm³/mol. The number of hydrogen-bond donors (Lipinski definition) is 1. The summed E-state index contributed by atoms with van der Waals surface area (Å²) in [6.07, 6.45) is 3.80. The van der Waals surface area contributed by atoms with Gasteiger partial charge in [0.2, 0.25) is 11.9 Å². The van der Waals surface area contributed by atoms with Crippen LogP contribution in [0, 0.1) is 6.92 Å². The van der Waals surface area contributed by atoms with Gasteiger partial charge in [0.15, 0.2) is 0 Å². The molecule has 0 saturated carbocycles. The molecule has 2 heterocycles. The van der Waals surface area contributed by atoms with E-state index < -0.39 is 0 Å². The second kappa shape index (κ2) is 6.86. The zero-order chi connectivity index (χ0) is 17.1. The van der Waals surface area contributed by atoms with Crippen LogP contribution in [0.4, 0.5) is 5.95 Å². The minimum absolute atomic E-state index is 0.00516. The summed E-state index contributed by atoms with van der Waals surface area (Å²) < 4.78 is 5.96. The first-order chi connectivity index (χ1) is 11.5. The molecule has 1 aromatic carbocycles. The molecule has 0 spiro atoms. The number of hydrogen-bond acceptors (Lipinski definition) is 5. The van der Waals surface area contributed by atoms with E-state index in [0.717, 1.165) is 35.9 Å². The lowest BCUT2D eigenvalue weighted by Crippen LogP contribution is -2.54. The minimum atomic E-state index is -0.0317. The standard InChI is InChI=1S/C18H22N4O2/c1-12-8-19-18(20-9-12)22-10-17(11-22)24-16-6-4-15(5-7-16)13(2)21-14(3)23/h4-9,13,17H,10-11H2,1-3H3,(H,21,23). The summed E-state index contributed by atoms with van der Waals surface area (Å²) in [6, 6.07) is 7.84. The molecule has 1 amide bonds. The van der Waals surface area contributed by atoms with Crippen molar-refractivity contribution < 1.29 is 9.53 Å². The maximum absolute atomic E-state index is 11.1. The quantitative estimate of drug-likeness (QED) is 0.913. The number of amides is 1. The fraction of sp³-hybridized carbons (Fsp3) is 0.389. The van der Waals surface area contributed by atoms with Gasteiger partial charge < -0.3 is 15.0 Å². The van der Waals surface area contributed by atoms with E-state index in [0.29, 0.717) is 0 Å². The fourth-order valence-corrected chi connectivity index (χ4v) is 2.64. The Balaban J connectivity index is 1.51. The summed E-state index contributed by atoms with van der Waals surface area (Å²) in [7, 11) is 0. The maximum atomic E-state index is 11.1. The SMILES string of the molecule is CC(=O)NC(C)c1ccc(OC2CN(c3ncc(C)cn3)C2)cc1. The van der Waals surface area contributed by atoms with Crippen LogP contribution in [0.2, 0.25) is 0 Å². The third-order valence-electron chi connectivity index (χ3n) is 4.00. The second-order valence-corrected chi connectivity index (χ2v) is 6.20. The van der Waals surface area contributed by atoms with Crippen molar-refractivity contribution in [2.45, 2.75) is 32.9 Å². The number of ether oxygens (including phenoxy) is 1. The van der Waals surface area contributed by atoms with Crippen molar-refractivity contribution in [1.29, 1.82) is 0 Å². The molecular formula is C18H22N4O2. The molecule has 2 aromatic rings. The zero-order valence-electron chi connectivity index (χ0n) is 14.2. The number of anilines is 1. The maximum Gasteiger partial charge on any atom is 0.225 e. The van der Waals surface area contributed by atoms with Gasteiger partial charge in [0.05, 0.1) is 19.1 Å². The van der Waals surface area contributed by atoms with E-state index in [1.807, 2.05) is 50.5 Å². The van der Waals surface area contributed by atoms with Gasteiger partial charge in [-0.25, -0.2) is 9.97 Å². The lowest BCUT2D eigenvalue weighted by Gasteiger charge is -2.38. The van der Waals surface area contributed by atoms with Crippen molar-refractivity contribution in [3.05, 3.63) is 47.8 Å². The van der Waals surface area contributed by atoms with E-state index in [2.05, 4.69) is 20.2 Å². The molecule has 3 rings (SSSR count). The number of carbonyl (C=O) groups excluding carboxylic acids is 1. The summed E-state index contributed by atoms with van der Waals surface area (Å²) >= 11 is 0. The van der Waals surface area contributed by atoms with Crippen molar-refractivity contribution in [3.63, 3.8) is 0 Å². The molecule has 1 aromatic heterocycles. The highest BCUT2D eigenvalue weighted by molar-refractivity contribution is 5.73. The number of aryl methyl sites for hydroxylation is 1. The van der Waals surface area contributed by atoms with Crippen molar-refractivity contribution >= 4 is 11.9 Å². The van der Waals surface area contributed by atoms with Crippen molar-refractivity contribution in [2.75, 3.05) is 18.0 Å². The molecule has 0 aliphatic carbocycles. The highest BCUT2D eigenvalue weighted by Gasteiger charge is 2.30. The first-order valence-corrected chi connectivity index (χ1v) is 8.08. The van der Waals surface area contributed by atoms with E-state index in [1.54, 1.807) is 0 Å². The first-order valence-electron chi connectivity index (χ1n) is 8.08. The van der Waals surface area contributed by atoms with Gasteiger partial charge in [-0.1, -0.05) is 12.1 Å². The van der Waals surface area contributed by atoms with Gasteiger partial charge >= 0.3 is 0 Å². The molecule has 1 saturated heterocycles. The summed E-state index contributed by atoms with van der Waals surface area (Å²) in [5.41, 5.74) is 2.11. The average molecular weight is 326 g/mol. The van der Waals surface area contributed by atoms with Crippen LogP contribution in [0.1, 0.15) is 31.0 Å². The molecular weight excluding hydrogens is 304 g/mol. The average Bonchev–Trinajstić information content (AvgIpc) is 2.51. The highest BCUT2D eigenvalue weighted by Crippen LogP contribution is 2.23. The van der Waals surface area contributed by atoms with E-state index in [1.165, 1.54) is 6.92 Å². The molecule has 6 heteroatoms. The topological polar surface area (TPSA) is 67.3 Å². The van der Waals surface area contributed by atoms with Crippen molar-refractivity contribution in [2.24, 2.45) is 0 Å². The normalized spacial score (nSPS) is 15.5. The third kappa shape index (κ3) is 3.82. The number of carbonyl (C=O) groups is 1. The Morgan fingerprint density at radius 2 is 1.88 bits per heavy atom. The monoisotopic (exact) mass is 326 g/mol. The minimum Gasteiger partial charge on any atom is -0.487 e. The van der Waals surface area contributed by atoms with Crippen LogP contribution >= 0.6 is 0 Å². The van der Waals surface area contributed by atoms with E-state index in [-0.39, 0.29) is 18.1 Å². The molecule has 24 heavy (non-hydrogen) atoms. The van der Waals surface area contributed by atoms with Crippen molar-refractivity contribution in [3.8, 4) is 5.75 Å². The molecule has 6 nitrogen and oxygen atoms in total. The van der Waals surface area contributed by atoms with Crippen LogP contribution in [0.3, 0.4) is 0 Å². The molecule has 1 aliphatic rings. The summed E-state index contributed by atoms with van der Waals surface area (Å²) in [5, 5.41) is 2.87. The van der Waals surface area contributed by atoms with E-state index in [4.69, 9.17) is 4.74 Å². The lowest BCUT2D eigenvalue weighted by molar-refractivity contribution is -0.119. The van der Waals surface area contributed by atoms with Gasteiger partial charge in [-0.3, -0.25) is 4.79 Å². The van der Waals surface area contributed by atoms with Gasteiger partial charge in [-0.2, -0.15) is 0 Å². The molecule has 1 fully saturated rings. The Bertz CT molecular complexity index is 694. The number of nitrogens with zero attached hydrogens (tertiary/aromatic N) is 3. The van der Waals surface area contributed by atoms with Crippen LogP contribution in [0.5, 0.6) is 5.75 Å². The number of benzene rings is 1. The predicted octanol–water partition coefficient (Wildman–Crippen LogP) is 2.25. The van der Waals surface area contributed by atoms with E-state index >= 15 is 0 Å². The lowest BCUT2D eigenvalue weighted by atomic mass is 10.1.